The van der Waals surface area contributed by atoms with Crippen LogP contribution in [-0.4, -0.2) is 22.7 Å². The molecule has 4 nitrogen and oxygen atoms in total. The number of amides is 1. The van der Waals surface area contributed by atoms with Crippen molar-refractivity contribution in [1.82, 2.24) is 15.1 Å². The van der Waals surface area contributed by atoms with Gasteiger partial charge in [-0.3, -0.25) is 9.48 Å². The summed E-state index contributed by atoms with van der Waals surface area (Å²) in [7, 11) is 1.63. The van der Waals surface area contributed by atoms with Gasteiger partial charge in [0, 0.05) is 12.7 Å². The Morgan fingerprint density at radius 3 is 2.46 bits per heavy atom. The molecule has 0 aliphatic rings. The van der Waals surface area contributed by atoms with Crippen molar-refractivity contribution in [3.8, 4) is 0 Å². The van der Waals surface area contributed by atoms with Crippen molar-refractivity contribution in [2.24, 2.45) is 0 Å². The normalized spacial score (nSPS) is 10.2. The summed E-state index contributed by atoms with van der Waals surface area (Å²) in [6, 6.07) is 0. The SMILES string of the molecule is CNC(=O)Cn1nc(C)c(C)c1C. The Bertz CT molecular complexity index is 328. The van der Waals surface area contributed by atoms with Crippen molar-refractivity contribution in [2.45, 2.75) is 27.3 Å². The van der Waals surface area contributed by atoms with Crippen LogP contribution in [0.4, 0.5) is 0 Å². The Morgan fingerprint density at radius 2 is 2.08 bits per heavy atom. The molecule has 0 unspecified atom stereocenters. The average Bonchev–Trinajstić information content (AvgIpc) is 2.34. The Morgan fingerprint density at radius 1 is 1.46 bits per heavy atom. The summed E-state index contributed by atoms with van der Waals surface area (Å²) in [6.45, 7) is 6.23. The standard InChI is InChI=1S/C9H15N3O/c1-6-7(2)11-12(8(6)3)5-9(13)10-4/h5H2,1-4H3,(H,10,13). The molecule has 0 aromatic carbocycles. The Labute approximate surface area is 77.9 Å². The fourth-order valence-electron chi connectivity index (χ4n) is 1.16. The molecule has 0 radical (unpaired) electrons. The van der Waals surface area contributed by atoms with E-state index in [0.29, 0.717) is 6.54 Å². The van der Waals surface area contributed by atoms with Gasteiger partial charge in [-0.1, -0.05) is 0 Å². The van der Waals surface area contributed by atoms with Gasteiger partial charge in [0.1, 0.15) is 6.54 Å². The molecule has 0 saturated carbocycles. The molecule has 0 bridgehead atoms. The highest BCUT2D eigenvalue weighted by molar-refractivity contribution is 5.75. The van der Waals surface area contributed by atoms with Crippen LogP contribution in [0.5, 0.6) is 0 Å². The van der Waals surface area contributed by atoms with Crippen molar-refractivity contribution in [3.05, 3.63) is 17.0 Å². The van der Waals surface area contributed by atoms with Gasteiger partial charge in [0.25, 0.3) is 0 Å². The molecule has 1 heterocycles. The number of hydrogen-bond acceptors (Lipinski definition) is 2. The summed E-state index contributed by atoms with van der Waals surface area (Å²) in [5, 5.41) is 6.82. The lowest BCUT2D eigenvalue weighted by atomic mass is 10.2. The highest BCUT2D eigenvalue weighted by Gasteiger charge is 2.08. The van der Waals surface area contributed by atoms with E-state index in [0.717, 1.165) is 17.0 Å². The molecule has 0 atom stereocenters. The van der Waals surface area contributed by atoms with E-state index in [1.165, 1.54) is 0 Å². The molecule has 1 N–H and O–H groups in total. The number of nitrogens with one attached hydrogen (secondary N) is 1. The summed E-state index contributed by atoms with van der Waals surface area (Å²) in [6.07, 6.45) is 0. The molecule has 0 saturated heterocycles. The van der Waals surface area contributed by atoms with Crippen LogP contribution in [0.3, 0.4) is 0 Å². The van der Waals surface area contributed by atoms with E-state index >= 15 is 0 Å². The van der Waals surface area contributed by atoms with Crippen LogP contribution < -0.4 is 5.32 Å². The van der Waals surface area contributed by atoms with Crippen LogP contribution in [0.15, 0.2) is 0 Å². The summed E-state index contributed by atoms with van der Waals surface area (Å²) in [4.78, 5) is 11.1. The lowest BCUT2D eigenvalue weighted by Crippen LogP contribution is -2.24. The Hall–Kier alpha value is -1.32. The Balaban J connectivity index is 2.90. The lowest BCUT2D eigenvalue weighted by molar-refractivity contribution is -0.121. The summed E-state index contributed by atoms with van der Waals surface area (Å²) >= 11 is 0. The van der Waals surface area contributed by atoms with E-state index in [1.54, 1.807) is 11.7 Å². The molecule has 0 aliphatic heterocycles. The molecular formula is C9H15N3O. The molecule has 72 valence electrons. The van der Waals surface area contributed by atoms with E-state index in [2.05, 4.69) is 10.4 Å². The van der Waals surface area contributed by atoms with Gasteiger partial charge in [-0.05, 0) is 26.3 Å². The second kappa shape index (κ2) is 3.60. The highest BCUT2D eigenvalue weighted by atomic mass is 16.1. The molecular weight excluding hydrogens is 166 g/mol. The first-order valence-corrected chi connectivity index (χ1v) is 4.27. The van der Waals surface area contributed by atoms with Gasteiger partial charge in [0.05, 0.1) is 5.69 Å². The minimum absolute atomic E-state index is 0.0226. The molecule has 0 fully saturated rings. The third-order valence-corrected chi connectivity index (χ3v) is 2.32. The average molecular weight is 181 g/mol. The van der Waals surface area contributed by atoms with Crippen LogP contribution in [0.25, 0.3) is 0 Å². The largest absolute Gasteiger partial charge is 0.358 e. The first kappa shape index (κ1) is 9.77. The molecule has 1 aromatic heterocycles. The molecule has 1 amide bonds. The Kier molecular flexibility index (Phi) is 2.70. The van der Waals surface area contributed by atoms with E-state index in [1.807, 2.05) is 20.8 Å². The zero-order valence-electron chi connectivity index (χ0n) is 8.51. The van der Waals surface area contributed by atoms with Gasteiger partial charge in [0.2, 0.25) is 5.91 Å². The van der Waals surface area contributed by atoms with Crippen molar-refractivity contribution < 1.29 is 4.79 Å². The zero-order valence-corrected chi connectivity index (χ0v) is 8.51. The van der Waals surface area contributed by atoms with Gasteiger partial charge < -0.3 is 5.32 Å². The summed E-state index contributed by atoms with van der Waals surface area (Å²) in [5.41, 5.74) is 3.20. The smallest absolute Gasteiger partial charge is 0.241 e. The highest BCUT2D eigenvalue weighted by Crippen LogP contribution is 2.10. The number of rotatable bonds is 2. The summed E-state index contributed by atoms with van der Waals surface area (Å²) < 4.78 is 1.73. The molecule has 0 spiro atoms. The number of likely N-dealkylation sites (N-methyl/N-ethyl adjacent to an activating group) is 1. The van der Waals surface area contributed by atoms with Crippen LogP contribution in [0.2, 0.25) is 0 Å². The van der Waals surface area contributed by atoms with Gasteiger partial charge in [-0.25, -0.2) is 0 Å². The lowest BCUT2D eigenvalue weighted by Gasteiger charge is -2.02. The second-order valence-corrected chi connectivity index (χ2v) is 3.13. The van der Waals surface area contributed by atoms with Crippen LogP contribution in [-0.2, 0) is 11.3 Å². The van der Waals surface area contributed by atoms with Gasteiger partial charge >= 0.3 is 0 Å². The second-order valence-electron chi connectivity index (χ2n) is 3.13. The van der Waals surface area contributed by atoms with E-state index in [4.69, 9.17) is 0 Å². The van der Waals surface area contributed by atoms with Crippen molar-refractivity contribution in [1.29, 1.82) is 0 Å². The van der Waals surface area contributed by atoms with E-state index in [-0.39, 0.29) is 5.91 Å². The predicted molar refractivity (Wildman–Crippen MR) is 50.5 cm³/mol. The fraction of sp³-hybridized carbons (Fsp3) is 0.556. The maximum absolute atomic E-state index is 11.1. The van der Waals surface area contributed by atoms with Crippen molar-refractivity contribution in [2.75, 3.05) is 7.05 Å². The third-order valence-electron chi connectivity index (χ3n) is 2.32. The first-order valence-electron chi connectivity index (χ1n) is 4.27. The van der Waals surface area contributed by atoms with Gasteiger partial charge in [0.15, 0.2) is 0 Å². The predicted octanol–water partition coefficient (Wildman–Crippen LogP) is 0.554. The maximum Gasteiger partial charge on any atom is 0.241 e. The number of carbonyl (C=O) groups is 1. The number of hydrogen-bond donors (Lipinski definition) is 1. The molecule has 1 aromatic rings. The first-order chi connectivity index (χ1) is 6.06. The third kappa shape index (κ3) is 1.88. The van der Waals surface area contributed by atoms with E-state index < -0.39 is 0 Å². The quantitative estimate of drug-likeness (QED) is 0.724. The number of carbonyl (C=O) groups excluding carboxylic acids is 1. The topological polar surface area (TPSA) is 46.9 Å². The zero-order chi connectivity index (χ0) is 10.0. The molecule has 0 aliphatic carbocycles. The number of aryl methyl sites for hydroxylation is 1. The van der Waals surface area contributed by atoms with Crippen molar-refractivity contribution in [3.63, 3.8) is 0 Å². The minimum Gasteiger partial charge on any atom is -0.358 e. The van der Waals surface area contributed by atoms with Crippen LogP contribution >= 0.6 is 0 Å². The molecule has 13 heavy (non-hydrogen) atoms. The van der Waals surface area contributed by atoms with Crippen LogP contribution in [0.1, 0.15) is 17.0 Å². The van der Waals surface area contributed by atoms with Crippen molar-refractivity contribution >= 4 is 5.91 Å². The van der Waals surface area contributed by atoms with E-state index in [9.17, 15) is 4.79 Å². The van der Waals surface area contributed by atoms with Gasteiger partial charge in [-0.15, -0.1) is 0 Å². The monoisotopic (exact) mass is 181 g/mol. The van der Waals surface area contributed by atoms with Crippen LogP contribution in [0, 0.1) is 20.8 Å². The number of nitrogens with zero attached hydrogens (tertiary/aromatic N) is 2. The molecule has 4 heteroatoms. The summed E-state index contributed by atoms with van der Waals surface area (Å²) in [5.74, 6) is -0.0226. The number of aromatic nitrogens is 2. The minimum atomic E-state index is -0.0226. The molecule has 1 rings (SSSR count). The van der Waals surface area contributed by atoms with Gasteiger partial charge in [-0.2, -0.15) is 5.10 Å². The fourth-order valence-corrected chi connectivity index (χ4v) is 1.16. The maximum atomic E-state index is 11.1.